The van der Waals surface area contributed by atoms with Gasteiger partial charge in [-0.15, -0.1) is 0 Å². The third-order valence-corrected chi connectivity index (χ3v) is 7.98. The highest BCUT2D eigenvalue weighted by molar-refractivity contribution is 5.94. The molecule has 6 nitrogen and oxygen atoms in total. The molecule has 1 fully saturated rings. The lowest BCUT2D eigenvalue weighted by molar-refractivity contribution is 0.219. The van der Waals surface area contributed by atoms with Crippen LogP contribution in [0, 0.1) is 0 Å². The first-order chi connectivity index (χ1) is 18.2. The van der Waals surface area contributed by atoms with Gasteiger partial charge in [0, 0.05) is 61.2 Å². The van der Waals surface area contributed by atoms with Crippen LogP contribution in [0.5, 0.6) is 0 Å². The van der Waals surface area contributed by atoms with Gasteiger partial charge in [0.25, 0.3) is 0 Å². The molecule has 2 atom stereocenters. The van der Waals surface area contributed by atoms with E-state index in [2.05, 4.69) is 81.6 Å². The van der Waals surface area contributed by atoms with E-state index in [9.17, 15) is 4.79 Å². The number of urea groups is 1. The van der Waals surface area contributed by atoms with Crippen LogP contribution < -0.4 is 15.1 Å². The van der Waals surface area contributed by atoms with Crippen molar-refractivity contribution in [3.63, 3.8) is 0 Å². The maximum Gasteiger partial charge on any atom is 0.322 e. The number of para-hydroxylation sites is 1. The van der Waals surface area contributed by atoms with Gasteiger partial charge in [0.05, 0.1) is 12.1 Å². The number of nitrogens with one attached hydrogen (secondary N) is 2. The lowest BCUT2D eigenvalue weighted by atomic mass is 9.95. The van der Waals surface area contributed by atoms with Gasteiger partial charge in [-0.3, -0.25) is 9.80 Å². The lowest BCUT2D eigenvalue weighted by Gasteiger charge is -2.42. The van der Waals surface area contributed by atoms with Crippen molar-refractivity contribution in [1.29, 1.82) is 0 Å². The zero-order chi connectivity index (χ0) is 25.2. The Morgan fingerprint density at radius 1 is 0.919 bits per heavy atom. The first-order valence-corrected chi connectivity index (χ1v) is 13.4. The molecule has 2 aliphatic heterocycles. The van der Waals surface area contributed by atoms with Crippen LogP contribution in [0.25, 0.3) is 10.9 Å². The van der Waals surface area contributed by atoms with E-state index in [0.29, 0.717) is 0 Å². The van der Waals surface area contributed by atoms with Gasteiger partial charge >= 0.3 is 6.03 Å². The number of hydrogen-bond acceptors (Lipinski definition) is 3. The zero-order valence-corrected chi connectivity index (χ0v) is 21.4. The number of aromatic nitrogens is 1. The summed E-state index contributed by atoms with van der Waals surface area (Å²) in [7, 11) is 0. The molecule has 3 aromatic carbocycles. The summed E-state index contributed by atoms with van der Waals surface area (Å²) >= 11 is 0. The van der Waals surface area contributed by atoms with Gasteiger partial charge < -0.3 is 15.2 Å². The second kappa shape index (κ2) is 10.3. The lowest BCUT2D eigenvalue weighted by Crippen LogP contribution is -2.56. The molecule has 0 radical (unpaired) electrons. The standard InChI is InChI=1S/C31H35N5O/c1-23(24-8-3-2-4-9-24)33-31(37)36-26(15-14-25-10-5-6-12-29(25)36)22-34-18-20-35(21-19-34)30-13-7-11-28-27(30)16-17-32-28/h2-13,16-17,23,26,32H,14-15,18-22H2,1H3,(H,33,37)/t23-,26?/m0/s1. The van der Waals surface area contributed by atoms with E-state index in [0.717, 1.165) is 56.8 Å². The van der Waals surface area contributed by atoms with Gasteiger partial charge in [0.1, 0.15) is 0 Å². The van der Waals surface area contributed by atoms with E-state index in [4.69, 9.17) is 0 Å². The quantitative estimate of drug-likeness (QED) is 0.382. The number of fused-ring (bicyclic) bond motifs is 2. The third kappa shape index (κ3) is 4.81. The van der Waals surface area contributed by atoms with Crippen LogP contribution in [-0.2, 0) is 6.42 Å². The summed E-state index contributed by atoms with van der Waals surface area (Å²) in [4.78, 5) is 24.1. The molecule has 4 aromatic rings. The Labute approximate surface area is 218 Å². The van der Waals surface area contributed by atoms with Crippen molar-refractivity contribution < 1.29 is 4.79 Å². The fourth-order valence-electron chi connectivity index (χ4n) is 5.95. The molecular weight excluding hydrogens is 458 g/mol. The van der Waals surface area contributed by atoms with E-state index >= 15 is 0 Å². The number of benzene rings is 3. The van der Waals surface area contributed by atoms with Gasteiger partial charge in [-0.25, -0.2) is 4.79 Å². The summed E-state index contributed by atoms with van der Waals surface area (Å²) in [6.45, 7) is 6.92. The topological polar surface area (TPSA) is 54.6 Å². The van der Waals surface area contributed by atoms with E-state index in [1.165, 1.54) is 22.2 Å². The first kappa shape index (κ1) is 23.6. The minimum Gasteiger partial charge on any atom is -0.368 e. The minimum absolute atomic E-state index is 0.00808. The zero-order valence-electron chi connectivity index (χ0n) is 21.4. The molecule has 0 saturated carbocycles. The average molecular weight is 494 g/mol. The Hall–Kier alpha value is -3.77. The summed E-state index contributed by atoms with van der Waals surface area (Å²) in [5.74, 6) is 0. The van der Waals surface area contributed by atoms with Crippen molar-refractivity contribution in [2.45, 2.75) is 31.8 Å². The van der Waals surface area contributed by atoms with Crippen LogP contribution in [0.4, 0.5) is 16.2 Å². The molecule has 0 spiro atoms. The number of piperazine rings is 1. The van der Waals surface area contributed by atoms with Crippen LogP contribution >= 0.6 is 0 Å². The molecule has 2 amide bonds. The molecule has 37 heavy (non-hydrogen) atoms. The predicted molar refractivity (Wildman–Crippen MR) is 151 cm³/mol. The molecule has 1 unspecified atom stereocenters. The molecule has 6 heteroatoms. The van der Waals surface area contributed by atoms with Gasteiger partial charge in [-0.05, 0) is 55.2 Å². The fourth-order valence-corrected chi connectivity index (χ4v) is 5.95. The number of anilines is 2. The second-order valence-corrected chi connectivity index (χ2v) is 10.3. The normalized spacial score (nSPS) is 19.0. The Kier molecular flexibility index (Phi) is 6.58. The number of H-pyrrole nitrogens is 1. The number of nitrogens with zero attached hydrogens (tertiary/aromatic N) is 3. The molecular formula is C31H35N5O. The SMILES string of the molecule is C[C@H](NC(=O)N1c2ccccc2CCC1CN1CCN(c2cccc3[nH]ccc23)CC1)c1ccccc1. The summed E-state index contributed by atoms with van der Waals surface area (Å²) in [5.41, 5.74) is 5.92. The number of carbonyl (C=O) groups is 1. The first-order valence-electron chi connectivity index (χ1n) is 13.4. The maximum atomic E-state index is 13.7. The molecule has 3 heterocycles. The van der Waals surface area contributed by atoms with E-state index in [1.54, 1.807) is 0 Å². The van der Waals surface area contributed by atoms with Gasteiger partial charge in [-0.1, -0.05) is 54.6 Å². The maximum absolute atomic E-state index is 13.7. The average Bonchev–Trinajstić information content (AvgIpc) is 3.43. The smallest absolute Gasteiger partial charge is 0.322 e. The Morgan fingerprint density at radius 2 is 1.68 bits per heavy atom. The fraction of sp³-hybridized carbons (Fsp3) is 0.323. The van der Waals surface area contributed by atoms with Crippen LogP contribution in [-0.4, -0.2) is 54.7 Å². The largest absolute Gasteiger partial charge is 0.368 e. The molecule has 1 saturated heterocycles. The number of amides is 2. The van der Waals surface area contributed by atoms with Crippen molar-refractivity contribution >= 4 is 28.3 Å². The summed E-state index contributed by atoms with van der Waals surface area (Å²) in [6.07, 6.45) is 4.00. The third-order valence-electron chi connectivity index (χ3n) is 7.98. The Bertz CT molecular complexity index is 1360. The number of hydrogen-bond donors (Lipinski definition) is 2. The Morgan fingerprint density at radius 3 is 2.51 bits per heavy atom. The monoisotopic (exact) mass is 493 g/mol. The molecule has 0 aliphatic carbocycles. The van der Waals surface area contributed by atoms with Crippen molar-refractivity contribution in [2.75, 3.05) is 42.5 Å². The predicted octanol–water partition coefficient (Wildman–Crippen LogP) is 5.58. The summed E-state index contributed by atoms with van der Waals surface area (Å²) < 4.78 is 0. The molecule has 1 aromatic heterocycles. The highest BCUT2D eigenvalue weighted by Gasteiger charge is 2.33. The second-order valence-electron chi connectivity index (χ2n) is 10.3. The molecule has 2 aliphatic rings. The number of carbonyl (C=O) groups excluding carboxylic acids is 1. The van der Waals surface area contributed by atoms with E-state index in [-0.39, 0.29) is 18.1 Å². The van der Waals surface area contributed by atoms with Crippen molar-refractivity contribution in [3.8, 4) is 0 Å². The number of aromatic amines is 1. The minimum atomic E-state index is -0.0527. The van der Waals surface area contributed by atoms with Crippen LogP contribution in [0.1, 0.15) is 30.5 Å². The molecule has 190 valence electrons. The van der Waals surface area contributed by atoms with Crippen LogP contribution in [0.2, 0.25) is 0 Å². The van der Waals surface area contributed by atoms with Gasteiger partial charge in [0.15, 0.2) is 0 Å². The highest BCUT2D eigenvalue weighted by atomic mass is 16.2. The van der Waals surface area contributed by atoms with Crippen LogP contribution in [0.15, 0.2) is 85.1 Å². The summed E-state index contributed by atoms with van der Waals surface area (Å²) in [6, 6.07) is 27.3. The van der Waals surface area contributed by atoms with Crippen molar-refractivity contribution in [3.05, 3.63) is 96.2 Å². The van der Waals surface area contributed by atoms with Crippen molar-refractivity contribution in [1.82, 2.24) is 15.2 Å². The number of aryl methyl sites for hydroxylation is 1. The van der Waals surface area contributed by atoms with E-state index in [1.807, 2.05) is 35.4 Å². The highest BCUT2D eigenvalue weighted by Crippen LogP contribution is 2.32. The van der Waals surface area contributed by atoms with Crippen LogP contribution in [0.3, 0.4) is 0 Å². The summed E-state index contributed by atoms with van der Waals surface area (Å²) in [5, 5.41) is 4.56. The molecule has 6 rings (SSSR count). The Balaban J connectivity index is 1.16. The van der Waals surface area contributed by atoms with Crippen molar-refractivity contribution in [2.24, 2.45) is 0 Å². The van der Waals surface area contributed by atoms with Gasteiger partial charge in [-0.2, -0.15) is 0 Å². The van der Waals surface area contributed by atoms with E-state index < -0.39 is 0 Å². The number of rotatable bonds is 5. The van der Waals surface area contributed by atoms with Gasteiger partial charge in [0.2, 0.25) is 0 Å². The molecule has 2 N–H and O–H groups in total. The molecule has 0 bridgehead atoms.